The number of piperidine rings is 1. The van der Waals surface area contributed by atoms with Crippen LogP contribution in [0.25, 0.3) is 0 Å². The summed E-state index contributed by atoms with van der Waals surface area (Å²) in [6.45, 7) is 0. The molecule has 8 nitrogen and oxygen atoms in total. The van der Waals surface area contributed by atoms with Gasteiger partial charge in [-0.25, -0.2) is 22.4 Å². The van der Waals surface area contributed by atoms with Crippen molar-refractivity contribution in [3.8, 4) is 0 Å². The van der Waals surface area contributed by atoms with Crippen molar-refractivity contribution in [3.05, 3.63) is 69.8 Å². The predicted octanol–water partition coefficient (Wildman–Crippen LogP) is 3.52. The Balaban J connectivity index is 1.64. The molecular formula is C21H17F4N5O3. The predicted molar refractivity (Wildman–Crippen MR) is 108 cm³/mol. The van der Waals surface area contributed by atoms with Gasteiger partial charge >= 0.3 is 5.97 Å². The Bertz CT molecular complexity index is 1230. The molecule has 0 radical (unpaired) electrons. The fourth-order valence-corrected chi connectivity index (χ4v) is 3.75. The van der Waals surface area contributed by atoms with Gasteiger partial charge in [0.05, 0.1) is 12.8 Å². The molecule has 33 heavy (non-hydrogen) atoms. The number of allylic oxidation sites excluding steroid dienone is 3. The van der Waals surface area contributed by atoms with E-state index >= 15 is 0 Å². The molecule has 4 rings (SSSR count). The number of nitrogens with zero attached hydrogens (tertiary/aromatic N) is 3. The number of esters is 1. The van der Waals surface area contributed by atoms with Crippen molar-refractivity contribution in [2.24, 2.45) is 5.73 Å². The van der Waals surface area contributed by atoms with Crippen molar-refractivity contribution in [2.45, 2.75) is 25.7 Å². The minimum atomic E-state index is -2.22. The van der Waals surface area contributed by atoms with Crippen molar-refractivity contribution >= 4 is 23.4 Å². The zero-order valence-electron chi connectivity index (χ0n) is 17.2. The maximum atomic E-state index is 14.3. The van der Waals surface area contributed by atoms with E-state index in [4.69, 9.17) is 5.73 Å². The van der Waals surface area contributed by atoms with Gasteiger partial charge in [0.15, 0.2) is 34.8 Å². The number of methoxy groups -OCH3 is 1. The highest BCUT2D eigenvalue weighted by Crippen LogP contribution is 2.37. The zero-order valence-corrected chi connectivity index (χ0v) is 17.2. The maximum absolute atomic E-state index is 14.3. The number of benzene rings is 1. The summed E-state index contributed by atoms with van der Waals surface area (Å²) in [5, 5.41) is 9.66. The topological polar surface area (TPSA) is 110 Å². The fraction of sp³-hybridized carbons (Fsp3) is 0.238. The summed E-state index contributed by atoms with van der Waals surface area (Å²) in [5.74, 6) is -10.7. The molecule has 0 saturated carbocycles. The molecule has 1 saturated heterocycles. The minimum Gasteiger partial charge on any atom is -0.465 e. The van der Waals surface area contributed by atoms with Crippen molar-refractivity contribution in [2.75, 3.05) is 17.3 Å². The summed E-state index contributed by atoms with van der Waals surface area (Å²) in [4.78, 5) is 26.2. The number of amides is 1. The van der Waals surface area contributed by atoms with Gasteiger partial charge in [-0.15, -0.1) is 10.2 Å². The summed E-state index contributed by atoms with van der Waals surface area (Å²) < 4.78 is 60.0. The van der Waals surface area contributed by atoms with E-state index in [1.807, 2.05) is 16.3 Å². The molecule has 2 aliphatic heterocycles. The second kappa shape index (κ2) is 8.52. The summed E-state index contributed by atoms with van der Waals surface area (Å²) >= 11 is 0. The third-order valence-electron chi connectivity index (χ3n) is 5.34. The lowest BCUT2D eigenvalue weighted by molar-refractivity contribution is 0.0594. The summed E-state index contributed by atoms with van der Waals surface area (Å²) in [6.07, 6.45) is 5.12. The Morgan fingerprint density at radius 3 is 2.45 bits per heavy atom. The van der Waals surface area contributed by atoms with E-state index in [1.54, 1.807) is 0 Å². The molecule has 0 unspecified atom stereocenters. The zero-order chi connectivity index (χ0) is 23.9. The van der Waals surface area contributed by atoms with Crippen LogP contribution in [-0.4, -0.2) is 29.2 Å². The van der Waals surface area contributed by atoms with Gasteiger partial charge in [-0.3, -0.25) is 9.69 Å². The molecule has 1 aromatic carbocycles. The van der Waals surface area contributed by atoms with Gasteiger partial charge in [0.2, 0.25) is 0 Å². The molecule has 12 heteroatoms. The number of rotatable bonds is 4. The van der Waals surface area contributed by atoms with Crippen LogP contribution in [0.1, 0.15) is 46.5 Å². The molecule has 3 N–H and O–H groups in total. The van der Waals surface area contributed by atoms with Gasteiger partial charge in [0.25, 0.3) is 5.91 Å². The first-order chi connectivity index (χ1) is 15.7. The van der Waals surface area contributed by atoms with E-state index in [0.717, 1.165) is 37.8 Å². The van der Waals surface area contributed by atoms with Crippen LogP contribution >= 0.6 is 0 Å². The molecule has 1 aromatic heterocycles. The van der Waals surface area contributed by atoms with Crippen LogP contribution in [-0.2, 0) is 4.74 Å². The number of halogens is 4. The van der Waals surface area contributed by atoms with E-state index in [0.29, 0.717) is 17.9 Å². The monoisotopic (exact) mass is 463 g/mol. The van der Waals surface area contributed by atoms with Gasteiger partial charge in [0, 0.05) is 23.5 Å². The lowest BCUT2D eigenvalue weighted by Crippen LogP contribution is -2.32. The first kappa shape index (κ1) is 22.2. The van der Waals surface area contributed by atoms with Gasteiger partial charge in [-0.05, 0) is 31.4 Å². The SMILES string of the molecule is COC(=O)c1c(F)c(F)c(F)c(F)c1NC(=O)c1ccc(N2C3=CCC(N)=C2CCC3)nn1. The lowest BCUT2D eigenvalue weighted by Gasteiger charge is -2.36. The molecule has 3 heterocycles. The number of nitrogens with two attached hydrogens (primary N) is 1. The third-order valence-corrected chi connectivity index (χ3v) is 5.34. The molecule has 2 aliphatic rings. The Kier molecular flexibility index (Phi) is 5.75. The summed E-state index contributed by atoms with van der Waals surface area (Å²) in [5.41, 5.74) is 5.82. The quantitative estimate of drug-likeness (QED) is 0.309. The number of nitrogens with one attached hydrogen (secondary N) is 1. The molecule has 0 aliphatic carbocycles. The van der Waals surface area contributed by atoms with Crippen LogP contribution in [0, 0.1) is 23.3 Å². The van der Waals surface area contributed by atoms with Crippen molar-refractivity contribution in [3.63, 3.8) is 0 Å². The van der Waals surface area contributed by atoms with Crippen LogP contribution in [0.4, 0.5) is 29.1 Å². The van der Waals surface area contributed by atoms with Crippen LogP contribution in [0.5, 0.6) is 0 Å². The van der Waals surface area contributed by atoms with E-state index in [9.17, 15) is 27.2 Å². The van der Waals surface area contributed by atoms with E-state index in [1.165, 1.54) is 12.1 Å². The van der Waals surface area contributed by atoms with Crippen LogP contribution in [0.3, 0.4) is 0 Å². The van der Waals surface area contributed by atoms with Crippen LogP contribution < -0.4 is 16.0 Å². The highest BCUT2D eigenvalue weighted by molar-refractivity contribution is 6.07. The molecule has 2 bridgehead atoms. The smallest absolute Gasteiger partial charge is 0.343 e. The van der Waals surface area contributed by atoms with E-state index < -0.39 is 46.4 Å². The van der Waals surface area contributed by atoms with Crippen molar-refractivity contribution in [1.29, 1.82) is 0 Å². The average molecular weight is 463 g/mol. The van der Waals surface area contributed by atoms with Gasteiger partial charge in [-0.2, -0.15) is 0 Å². The van der Waals surface area contributed by atoms with Crippen LogP contribution in [0.2, 0.25) is 0 Å². The second-order valence-electron chi connectivity index (χ2n) is 7.29. The number of anilines is 2. The maximum Gasteiger partial charge on any atom is 0.343 e. The Hall–Kier alpha value is -3.96. The van der Waals surface area contributed by atoms with Crippen LogP contribution in [0.15, 0.2) is 35.3 Å². The molecule has 1 fully saturated rings. The standard InChI is InChI=1S/C21H17F4N5O3/c1-33-21(32)14-15(22)16(23)17(24)18(25)19(14)27-20(31)11-7-8-13(29-28-11)30-9-3-2-4-12(30)10(26)6-5-9/h5,7-8H,2-4,6,26H2,1H3,(H,27,31). The van der Waals surface area contributed by atoms with Gasteiger partial charge in [0.1, 0.15) is 5.56 Å². The van der Waals surface area contributed by atoms with Crippen molar-refractivity contribution in [1.82, 2.24) is 10.2 Å². The average Bonchev–Trinajstić information content (AvgIpc) is 2.83. The molecule has 0 spiro atoms. The second-order valence-corrected chi connectivity index (χ2v) is 7.29. The van der Waals surface area contributed by atoms with E-state index in [-0.39, 0.29) is 5.69 Å². The van der Waals surface area contributed by atoms with Gasteiger partial charge in [-0.1, -0.05) is 6.08 Å². The first-order valence-corrected chi connectivity index (χ1v) is 9.80. The Labute approximate surface area is 184 Å². The number of carbonyl (C=O) groups is 2. The highest BCUT2D eigenvalue weighted by Gasteiger charge is 2.32. The Morgan fingerprint density at radius 1 is 1.06 bits per heavy atom. The summed E-state index contributed by atoms with van der Waals surface area (Å²) in [7, 11) is 0.824. The normalized spacial score (nSPS) is 15.3. The fourth-order valence-electron chi connectivity index (χ4n) is 3.75. The van der Waals surface area contributed by atoms with Gasteiger partial charge < -0.3 is 15.8 Å². The number of hydrogen-bond donors (Lipinski definition) is 2. The molecule has 0 atom stereocenters. The van der Waals surface area contributed by atoms with Crippen molar-refractivity contribution < 1.29 is 31.9 Å². The Morgan fingerprint density at radius 2 is 1.79 bits per heavy atom. The third kappa shape index (κ3) is 3.77. The largest absolute Gasteiger partial charge is 0.465 e. The molecular weight excluding hydrogens is 446 g/mol. The molecule has 172 valence electrons. The summed E-state index contributed by atoms with van der Waals surface area (Å²) in [6, 6.07) is 2.73. The number of aromatic nitrogens is 2. The highest BCUT2D eigenvalue weighted by atomic mass is 19.2. The number of hydrogen-bond acceptors (Lipinski definition) is 7. The number of ether oxygens (including phenoxy) is 1. The molecule has 2 aromatic rings. The first-order valence-electron chi connectivity index (χ1n) is 9.80. The minimum absolute atomic E-state index is 0.350. The van der Waals surface area contributed by atoms with E-state index in [2.05, 4.69) is 14.9 Å². The number of carbonyl (C=O) groups excluding carboxylic acids is 2. The lowest BCUT2D eigenvalue weighted by atomic mass is 9.96. The molecule has 1 amide bonds. The number of fused-ring (bicyclic) bond motifs is 2.